The van der Waals surface area contributed by atoms with Crippen LogP contribution in [0.3, 0.4) is 0 Å². The fraction of sp³-hybridized carbons (Fsp3) is 0.611. The second-order valence-electron chi connectivity index (χ2n) is 5.88. The average molecular weight is 319 g/mol. The molecule has 1 amide bonds. The van der Waals surface area contributed by atoms with Gasteiger partial charge in [-0.3, -0.25) is 9.69 Å². The van der Waals surface area contributed by atoms with Crippen molar-refractivity contribution in [3.63, 3.8) is 0 Å². The number of carbonyl (C=O) groups is 1. The Balaban J connectivity index is 1.91. The van der Waals surface area contributed by atoms with Crippen LogP contribution < -0.4 is 10.6 Å². The van der Waals surface area contributed by atoms with Gasteiger partial charge in [-0.15, -0.1) is 0 Å². The van der Waals surface area contributed by atoms with E-state index in [2.05, 4.69) is 53.6 Å². The highest BCUT2D eigenvalue weighted by Gasteiger charge is 2.20. The molecule has 0 aliphatic carbocycles. The Labute approximate surface area is 139 Å². The molecular formula is C18H29N3O2. The number of rotatable bonds is 8. The van der Waals surface area contributed by atoms with Gasteiger partial charge in [0.1, 0.15) is 0 Å². The molecular weight excluding hydrogens is 290 g/mol. The predicted octanol–water partition coefficient (Wildman–Crippen LogP) is 1.56. The summed E-state index contributed by atoms with van der Waals surface area (Å²) in [5.74, 6) is 0.0843. The van der Waals surface area contributed by atoms with E-state index in [-0.39, 0.29) is 18.0 Å². The van der Waals surface area contributed by atoms with Crippen LogP contribution in [0, 0.1) is 0 Å². The van der Waals surface area contributed by atoms with Gasteiger partial charge in [-0.05, 0) is 18.7 Å². The van der Waals surface area contributed by atoms with E-state index in [9.17, 15) is 4.79 Å². The number of benzene rings is 1. The van der Waals surface area contributed by atoms with Gasteiger partial charge in [-0.25, -0.2) is 0 Å². The van der Waals surface area contributed by atoms with Gasteiger partial charge < -0.3 is 15.4 Å². The van der Waals surface area contributed by atoms with E-state index in [0.717, 1.165) is 26.2 Å². The molecule has 1 aliphatic rings. The van der Waals surface area contributed by atoms with Gasteiger partial charge in [0.2, 0.25) is 5.91 Å². The Morgan fingerprint density at radius 1 is 1.35 bits per heavy atom. The predicted molar refractivity (Wildman–Crippen MR) is 92.3 cm³/mol. The third-order valence-corrected chi connectivity index (χ3v) is 4.36. The lowest BCUT2D eigenvalue weighted by Gasteiger charge is -2.30. The van der Waals surface area contributed by atoms with Gasteiger partial charge in [0.05, 0.1) is 19.3 Å². The molecule has 1 aliphatic heterocycles. The van der Waals surface area contributed by atoms with Crippen molar-refractivity contribution < 1.29 is 9.53 Å². The SMILES string of the molecule is CCN(CC)C(CNC(=O)CC1COCCN1)c1ccccc1. The van der Waals surface area contributed by atoms with Gasteiger partial charge in [0.25, 0.3) is 0 Å². The van der Waals surface area contributed by atoms with Crippen molar-refractivity contribution in [2.24, 2.45) is 0 Å². The van der Waals surface area contributed by atoms with Crippen LogP contribution in [0.25, 0.3) is 0 Å². The lowest BCUT2D eigenvalue weighted by atomic mass is 10.0. The number of likely N-dealkylation sites (N-methyl/N-ethyl adjacent to an activating group) is 1. The van der Waals surface area contributed by atoms with Crippen molar-refractivity contribution in [2.45, 2.75) is 32.4 Å². The molecule has 2 atom stereocenters. The van der Waals surface area contributed by atoms with E-state index >= 15 is 0 Å². The molecule has 5 heteroatoms. The summed E-state index contributed by atoms with van der Waals surface area (Å²) in [7, 11) is 0. The fourth-order valence-electron chi connectivity index (χ4n) is 3.05. The number of nitrogens with zero attached hydrogens (tertiary/aromatic N) is 1. The highest BCUT2D eigenvalue weighted by atomic mass is 16.5. The van der Waals surface area contributed by atoms with Gasteiger partial charge in [-0.1, -0.05) is 44.2 Å². The molecule has 1 aromatic carbocycles. The zero-order valence-electron chi connectivity index (χ0n) is 14.3. The van der Waals surface area contributed by atoms with Crippen LogP contribution in [0.1, 0.15) is 31.9 Å². The molecule has 2 rings (SSSR count). The molecule has 1 heterocycles. The van der Waals surface area contributed by atoms with Crippen LogP contribution in [-0.2, 0) is 9.53 Å². The van der Waals surface area contributed by atoms with Crippen LogP contribution in [0.15, 0.2) is 30.3 Å². The second-order valence-corrected chi connectivity index (χ2v) is 5.88. The van der Waals surface area contributed by atoms with Crippen LogP contribution in [0.5, 0.6) is 0 Å². The van der Waals surface area contributed by atoms with Crippen molar-refractivity contribution in [1.29, 1.82) is 0 Å². The maximum absolute atomic E-state index is 12.2. The van der Waals surface area contributed by atoms with E-state index in [4.69, 9.17) is 4.74 Å². The Hall–Kier alpha value is -1.43. The molecule has 2 unspecified atom stereocenters. The van der Waals surface area contributed by atoms with Gasteiger partial charge >= 0.3 is 0 Å². The monoisotopic (exact) mass is 319 g/mol. The molecule has 128 valence electrons. The number of nitrogens with one attached hydrogen (secondary N) is 2. The standard InChI is InChI=1S/C18H29N3O2/c1-3-21(4-2)17(15-8-6-5-7-9-15)13-20-18(22)12-16-14-23-11-10-19-16/h5-9,16-17,19H,3-4,10-14H2,1-2H3,(H,20,22). The first-order valence-corrected chi connectivity index (χ1v) is 8.61. The Bertz CT molecular complexity index is 457. The molecule has 5 nitrogen and oxygen atoms in total. The van der Waals surface area contributed by atoms with E-state index in [0.29, 0.717) is 19.6 Å². The summed E-state index contributed by atoms with van der Waals surface area (Å²) in [6, 6.07) is 10.7. The molecule has 0 bridgehead atoms. The molecule has 2 N–H and O–H groups in total. The summed E-state index contributed by atoms with van der Waals surface area (Å²) < 4.78 is 5.40. The fourth-order valence-corrected chi connectivity index (χ4v) is 3.05. The topological polar surface area (TPSA) is 53.6 Å². The minimum atomic E-state index is 0.0843. The summed E-state index contributed by atoms with van der Waals surface area (Å²) in [4.78, 5) is 14.6. The molecule has 0 aromatic heterocycles. The summed E-state index contributed by atoms with van der Waals surface area (Å²) in [5.41, 5.74) is 1.25. The Morgan fingerprint density at radius 2 is 2.09 bits per heavy atom. The molecule has 0 radical (unpaired) electrons. The molecule has 1 aromatic rings. The van der Waals surface area contributed by atoms with Crippen LogP contribution >= 0.6 is 0 Å². The van der Waals surface area contributed by atoms with Crippen molar-refractivity contribution in [1.82, 2.24) is 15.5 Å². The first-order valence-electron chi connectivity index (χ1n) is 8.61. The van der Waals surface area contributed by atoms with Gasteiger partial charge in [-0.2, -0.15) is 0 Å². The van der Waals surface area contributed by atoms with E-state index < -0.39 is 0 Å². The maximum Gasteiger partial charge on any atom is 0.221 e. The number of morpholine rings is 1. The molecule has 1 fully saturated rings. The third kappa shape index (κ3) is 5.61. The van der Waals surface area contributed by atoms with E-state index in [1.165, 1.54) is 5.56 Å². The molecule has 1 saturated heterocycles. The first-order chi connectivity index (χ1) is 11.2. The largest absolute Gasteiger partial charge is 0.378 e. The van der Waals surface area contributed by atoms with E-state index in [1.807, 2.05) is 6.07 Å². The second kappa shape index (κ2) is 9.65. The van der Waals surface area contributed by atoms with Gasteiger partial charge in [0, 0.05) is 25.6 Å². The summed E-state index contributed by atoms with van der Waals surface area (Å²) in [5, 5.41) is 6.42. The zero-order valence-corrected chi connectivity index (χ0v) is 14.3. The highest BCUT2D eigenvalue weighted by molar-refractivity contribution is 5.76. The smallest absolute Gasteiger partial charge is 0.221 e. The average Bonchev–Trinajstić information content (AvgIpc) is 2.60. The number of carbonyl (C=O) groups excluding carboxylic acids is 1. The molecule has 23 heavy (non-hydrogen) atoms. The highest BCUT2D eigenvalue weighted by Crippen LogP contribution is 2.19. The van der Waals surface area contributed by atoms with Crippen molar-refractivity contribution in [2.75, 3.05) is 39.4 Å². The van der Waals surface area contributed by atoms with Crippen LogP contribution in [0.4, 0.5) is 0 Å². The third-order valence-electron chi connectivity index (χ3n) is 4.36. The minimum Gasteiger partial charge on any atom is -0.378 e. The minimum absolute atomic E-state index is 0.0843. The Morgan fingerprint density at radius 3 is 2.70 bits per heavy atom. The summed E-state index contributed by atoms with van der Waals surface area (Å²) in [6.45, 7) is 9.05. The summed E-state index contributed by atoms with van der Waals surface area (Å²) in [6.07, 6.45) is 0.472. The number of amides is 1. The van der Waals surface area contributed by atoms with Crippen LogP contribution in [-0.4, -0.2) is 56.2 Å². The molecule has 0 saturated carbocycles. The lowest BCUT2D eigenvalue weighted by Crippen LogP contribution is -2.45. The Kier molecular flexibility index (Phi) is 7.52. The number of ether oxygens (including phenoxy) is 1. The van der Waals surface area contributed by atoms with Crippen molar-refractivity contribution in [3.8, 4) is 0 Å². The normalized spacial score (nSPS) is 19.5. The zero-order chi connectivity index (χ0) is 16.5. The van der Waals surface area contributed by atoms with Crippen molar-refractivity contribution >= 4 is 5.91 Å². The first kappa shape index (κ1) is 17.9. The quantitative estimate of drug-likeness (QED) is 0.764. The van der Waals surface area contributed by atoms with Crippen molar-refractivity contribution in [3.05, 3.63) is 35.9 Å². The molecule has 0 spiro atoms. The van der Waals surface area contributed by atoms with Crippen LogP contribution in [0.2, 0.25) is 0 Å². The van der Waals surface area contributed by atoms with E-state index in [1.54, 1.807) is 0 Å². The lowest BCUT2D eigenvalue weighted by molar-refractivity contribution is -0.122. The van der Waals surface area contributed by atoms with Gasteiger partial charge in [0.15, 0.2) is 0 Å². The maximum atomic E-state index is 12.2. The number of hydrogen-bond acceptors (Lipinski definition) is 4. The summed E-state index contributed by atoms with van der Waals surface area (Å²) >= 11 is 0. The number of hydrogen-bond donors (Lipinski definition) is 2.